The summed E-state index contributed by atoms with van der Waals surface area (Å²) in [5.41, 5.74) is 3.75. The maximum Gasteiger partial charge on any atom is 0.255 e. The Balaban J connectivity index is 1.75. The Morgan fingerprint density at radius 1 is 1.15 bits per heavy atom. The number of carbonyl (C=O) groups is 1. The van der Waals surface area contributed by atoms with Gasteiger partial charge in [0.05, 0.1) is 11.3 Å². The molecular formula is C21H30N4O. The molecule has 1 N–H and O–H groups in total. The van der Waals surface area contributed by atoms with Gasteiger partial charge < -0.3 is 10.2 Å². The normalized spacial score (nSPS) is 15.2. The minimum absolute atomic E-state index is 0.0588. The molecule has 2 heterocycles. The first-order chi connectivity index (χ1) is 12.4. The molecule has 1 fully saturated rings. The summed E-state index contributed by atoms with van der Waals surface area (Å²) in [4.78, 5) is 15.2. The maximum absolute atomic E-state index is 12.8. The Labute approximate surface area is 156 Å². The number of benzene rings is 1. The molecule has 1 saturated heterocycles. The van der Waals surface area contributed by atoms with Crippen LogP contribution in [-0.4, -0.2) is 28.8 Å². The summed E-state index contributed by atoms with van der Waals surface area (Å²) in [6.45, 7) is 8.97. The van der Waals surface area contributed by atoms with Crippen molar-refractivity contribution in [2.45, 2.75) is 52.0 Å². The van der Waals surface area contributed by atoms with E-state index in [1.54, 1.807) is 4.68 Å². The zero-order valence-electron chi connectivity index (χ0n) is 16.4. The van der Waals surface area contributed by atoms with Crippen LogP contribution in [0.4, 0.5) is 5.69 Å². The van der Waals surface area contributed by atoms with E-state index in [1.165, 1.54) is 30.5 Å². The van der Waals surface area contributed by atoms with Gasteiger partial charge in [-0.1, -0.05) is 39.0 Å². The highest BCUT2D eigenvalue weighted by molar-refractivity contribution is 5.95. The molecule has 0 radical (unpaired) electrons. The van der Waals surface area contributed by atoms with Crippen molar-refractivity contribution in [3.63, 3.8) is 0 Å². The van der Waals surface area contributed by atoms with Crippen LogP contribution in [0.15, 0.2) is 30.5 Å². The maximum atomic E-state index is 12.8. The Hall–Kier alpha value is -2.30. The van der Waals surface area contributed by atoms with Crippen molar-refractivity contribution >= 4 is 11.6 Å². The third-order valence-corrected chi connectivity index (χ3v) is 4.91. The van der Waals surface area contributed by atoms with Gasteiger partial charge in [0, 0.05) is 44.0 Å². The van der Waals surface area contributed by atoms with Crippen LogP contribution in [0.3, 0.4) is 0 Å². The largest absolute Gasteiger partial charge is 0.371 e. The number of aryl methyl sites for hydroxylation is 1. The molecule has 5 nitrogen and oxygen atoms in total. The van der Waals surface area contributed by atoms with Gasteiger partial charge in [-0.25, -0.2) is 0 Å². The van der Waals surface area contributed by atoms with Gasteiger partial charge in [0.2, 0.25) is 0 Å². The van der Waals surface area contributed by atoms with Crippen LogP contribution in [0.5, 0.6) is 0 Å². The number of piperidine rings is 1. The predicted octanol–water partition coefficient (Wildman–Crippen LogP) is 3.64. The lowest BCUT2D eigenvalue weighted by atomic mass is 9.89. The second-order valence-electron chi connectivity index (χ2n) is 8.17. The van der Waals surface area contributed by atoms with Crippen LogP contribution >= 0.6 is 0 Å². The standard InChI is InChI=1S/C21H30N4O/c1-21(2,3)19-17(15-24(4)23-19)20(26)22-14-16-10-6-7-11-18(16)25-12-8-5-9-13-25/h6-7,10-11,15H,5,8-9,12-14H2,1-4H3,(H,22,26). The van der Waals surface area contributed by atoms with Crippen LogP contribution in [0.2, 0.25) is 0 Å². The minimum atomic E-state index is -0.167. The molecule has 1 aliphatic heterocycles. The molecule has 1 amide bonds. The quantitative estimate of drug-likeness (QED) is 0.912. The van der Waals surface area contributed by atoms with Crippen molar-refractivity contribution in [1.82, 2.24) is 15.1 Å². The molecule has 1 aromatic heterocycles. The zero-order valence-corrected chi connectivity index (χ0v) is 16.4. The van der Waals surface area contributed by atoms with Gasteiger partial charge in [0.25, 0.3) is 5.91 Å². The number of aromatic nitrogens is 2. The van der Waals surface area contributed by atoms with Gasteiger partial charge in [-0.05, 0) is 30.9 Å². The fourth-order valence-electron chi connectivity index (χ4n) is 3.58. The van der Waals surface area contributed by atoms with E-state index in [-0.39, 0.29) is 11.3 Å². The second kappa shape index (κ2) is 7.52. The molecule has 1 aromatic carbocycles. The summed E-state index contributed by atoms with van der Waals surface area (Å²) in [5, 5.41) is 7.60. The second-order valence-corrected chi connectivity index (χ2v) is 8.17. The van der Waals surface area contributed by atoms with Crippen LogP contribution in [0, 0.1) is 0 Å². The summed E-state index contributed by atoms with van der Waals surface area (Å²) in [6, 6.07) is 8.39. The molecule has 0 bridgehead atoms. The summed E-state index contributed by atoms with van der Waals surface area (Å²) in [5.74, 6) is -0.0588. The number of anilines is 1. The first-order valence-electron chi connectivity index (χ1n) is 9.51. The number of hydrogen-bond acceptors (Lipinski definition) is 3. The fourth-order valence-corrected chi connectivity index (χ4v) is 3.58. The molecule has 5 heteroatoms. The van der Waals surface area contributed by atoms with Crippen molar-refractivity contribution < 1.29 is 4.79 Å². The van der Waals surface area contributed by atoms with E-state index in [2.05, 4.69) is 54.3 Å². The summed E-state index contributed by atoms with van der Waals surface area (Å²) in [6.07, 6.45) is 5.61. The molecule has 0 saturated carbocycles. The van der Waals surface area contributed by atoms with Crippen molar-refractivity contribution in [2.75, 3.05) is 18.0 Å². The van der Waals surface area contributed by atoms with Gasteiger partial charge in [-0.2, -0.15) is 5.10 Å². The molecule has 0 unspecified atom stereocenters. The first kappa shape index (κ1) is 18.5. The van der Waals surface area contributed by atoms with Crippen molar-refractivity contribution in [3.8, 4) is 0 Å². The molecule has 2 aromatic rings. The lowest BCUT2D eigenvalue weighted by molar-refractivity contribution is 0.0948. The van der Waals surface area contributed by atoms with E-state index < -0.39 is 0 Å². The Kier molecular flexibility index (Phi) is 5.35. The molecule has 1 aliphatic rings. The highest BCUT2D eigenvalue weighted by atomic mass is 16.1. The van der Waals surface area contributed by atoms with E-state index in [0.717, 1.165) is 18.8 Å². The van der Waals surface area contributed by atoms with E-state index in [1.807, 2.05) is 19.3 Å². The van der Waals surface area contributed by atoms with Crippen LogP contribution < -0.4 is 10.2 Å². The number of nitrogens with zero attached hydrogens (tertiary/aromatic N) is 3. The molecule has 3 rings (SSSR count). The zero-order chi connectivity index (χ0) is 18.7. The van der Waals surface area contributed by atoms with E-state index >= 15 is 0 Å². The smallest absolute Gasteiger partial charge is 0.255 e. The fraction of sp³-hybridized carbons (Fsp3) is 0.524. The van der Waals surface area contributed by atoms with Gasteiger partial charge in [0.15, 0.2) is 0 Å². The third-order valence-electron chi connectivity index (χ3n) is 4.91. The average molecular weight is 354 g/mol. The molecule has 26 heavy (non-hydrogen) atoms. The predicted molar refractivity (Wildman–Crippen MR) is 106 cm³/mol. The minimum Gasteiger partial charge on any atom is -0.371 e. The van der Waals surface area contributed by atoms with Crippen molar-refractivity contribution in [3.05, 3.63) is 47.3 Å². The SMILES string of the molecule is Cn1cc(C(=O)NCc2ccccc2N2CCCCC2)c(C(C)(C)C)n1. The molecule has 0 spiro atoms. The average Bonchev–Trinajstić information content (AvgIpc) is 3.03. The van der Waals surface area contributed by atoms with E-state index in [0.29, 0.717) is 12.1 Å². The Morgan fingerprint density at radius 2 is 1.85 bits per heavy atom. The van der Waals surface area contributed by atoms with Crippen molar-refractivity contribution in [2.24, 2.45) is 7.05 Å². The van der Waals surface area contributed by atoms with Crippen molar-refractivity contribution in [1.29, 1.82) is 0 Å². The summed E-state index contributed by atoms with van der Waals surface area (Å²) >= 11 is 0. The van der Waals surface area contributed by atoms with Crippen LogP contribution in [0.1, 0.15) is 61.6 Å². The summed E-state index contributed by atoms with van der Waals surface area (Å²) in [7, 11) is 1.86. The Morgan fingerprint density at radius 3 is 2.54 bits per heavy atom. The number of rotatable bonds is 4. The van der Waals surface area contributed by atoms with Gasteiger partial charge >= 0.3 is 0 Å². The van der Waals surface area contributed by atoms with Gasteiger partial charge in [-0.3, -0.25) is 9.48 Å². The van der Waals surface area contributed by atoms with Crippen LogP contribution in [0.25, 0.3) is 0 Å². The van der Waals surface area contributed by atoms with E-state index in [9.17, 15) is 4.79 Å². The topological polar surface area (TPSA) is 50.2 Å². The number of nitrogens with one attached hydrogen (secondary N) is 1. The lowest BCUT2D eigenvalue weighted by Gasteiger charge is -2.30. The highest BCUT2D eigenvalue weighted by Gasteiger charge is 2.25. The monoisotopic (exact) mass is 354 g/mol. The molecule has 0 aliphatic carbocycles. The number of para-hydroxylation sites is 1. The molecular weight excluding hydrogens is 324 g/mol. The number of amides is 1. The number of hydrogen-bond donors (Lipinski definition) is 1. The molecule has 0 atom stereocenters. The Bertz CT molecular complexity index is 767. The number of carbonyl (C=O) groups excluding carboxylic acids is 1. The van der Waals surface area contributed by atoms with Crippen LogP contribution in [-0.2, 0) is 19.0 Å². The van der Waals surface area contributed by atoms with Gasteiger partial charge in [-0.15, -0.1) is 0 Å². The van der Waals surface area contributed by atoms with E-state index in [4.69, 9.17) is 0 Å². The first-order valence-corrected chi connectivity index (χ1v) is 9.51. The van der Waals surface area contributed by atoms with Gasteiger partial charge in [0.1, 0.15) is 0 Å². The lowest BCUT2D eigenvalue weighted by Crippen LogP contribution is -2.31. The highest BCUT2D eigenvalue weighted by Crippen LogP contribution is 2.26. The third kappa shape index (κ3) is 4.09. The summed E-state index contributed by atoms with van der Waals surface area (Å²) < 4.78 is 1.72. The molecule has 140 valence electrons.